The minimum Gasteiger partial charge on any atom is -0.396 e. The molecule has 1 heterocycles. The number of anilines is 2. The van der Waals surface area contributed by atoms with Gasteiger partial charge in [0.05, 0.1) is 5.69 Å². The van der Waals surface area contributed by atoms with Crippen molar-refractivity contribution < 1.29 is 13.2 Å². The molecule has 0 saturated heterocycles. The molecule has 120 valence electrons. The summed E-state index contributed by atoms with van der Waals surface area (Å²) in [5.41, 5.74) is 5.87. The van der Waals surface area contributed by atoms with Crippen LogP contribution in [0.1, 0.15) is 42.3 Å². The molecule has 0 aliphatic carbocycles. The summed E-state index contributed by atoms with van der Waals surface area (Å²) in [6.07, 6.45) is 5.42. The largest absolute Gasteiger partial charge is 0.396 e. The maximum atomic E-state index is 11.9. The Balaban J connectivity index is 2.99. The van der Waals surface area contributed by atoms with Crippen molar-refractivity contribution in [2.24, 2.45) is 0 Å². The summed E-state index contributed by atoms with van der Waals surface area (Å²) < 4.78 is 23.8. The molecule has 1 rings (SSSR count). The van der Waals surface area contributed by atoms with Gasteiger partial charge in [-0.05, 0) is 6.42 Å². The molecule has 4 N–H and O–H groups in total. The highest BCUT2D eigenvalue weighted by Gasteiger charge is 2.26. The van der Waals surface area contributed by atoms with Crippen LogP contribution in [0, 0.1) is 0 Å². The van der Waals surface area contributed by atoms with Crippen LogP contribution in [-0.4, -0.2) is 34.2 Å². The first-order valence-corrected chi connectivity index (χ1v) is 9.62. The summed E-state index contributed by atoms with van der Waals surface area (Å²) in [5.74, 6) is -0.374. The monoisotopic (exact) mass is 333 g/mol. The van der Waals surface area contributed by atoms with Crippen molar-refractivity contribution in [1.29, 1.82) is 0 Å². The third-order valence-electron chi connectivity index (χ3n) is 3.02. The molecule has 1 aromatic heterocycles. The predicted molar refractivity (Wildman–Crippen MR) is 87.9 cm³/mol. The van der Waals surface area contributed by atoms with E-state index in [1.807, 2.05) is 0 Å². The molecule has 8 heteroatoms. The molecule has 0 fully saturated rings. The standard InChI is InChI=1S/C13H23N3O3S2/c1-4-5-6-7-8-16-13-11(21(3,18)19)9(14)10(20-13)12(17)15-2/h16H,4-8,14H2,1-3H3,(H,15,17). The molecule has 0 bridgehead atoms. The number of sulfone groups is 1. The highest BCUT2D eigenvalue weighted by molar-refractivity contribution is 7.91. The van der Waals surface area contributed by atoms with Crippen molar-refractivity contribution in [2.75, 3.05) is 30.9 Å². The third kappa shape index (κ3) is 4.60. The van der Waals surface area contributed by atoms with Gasteiger partial charge in [-0.3, -0.25) is 4.79 Å². The van der Waals surface area contributed by atoms with Gasteiger partial charge in [0.1, 0.15) is 14.8 Å². The molecule has 0 atom stereocenters. The van der Waals surface area contributed by atoms with Crippen LogP contribution < -0.4 is 16.4 Å². The quantitative estimate of drug-likeness (QED) is 0.632. The fourth-order valence-corrected chi connectivity index (χ4v) is 4.49. The van der Waals surface area contributed by atoms with Gasteiger partial charge in [-0.25, -0.2) is 8.42 Å². The second-order valence-corrected chi connectivity index (χ2v) is 7.82. The lowest BCUT2D eigenvalue weighted by Gasteiger charge is -2.06. The highest BCUT2D eigenvalue weighted by atomic mass is 32.2. The zero-order valence-corrected chi connectivity index (χ0v) is 14.3. The number of thiophene rings is 1. The Morgan fingerprint density at radius 3 is 2.48 bits per heavy atom. The summed E-state index contributed by atoms with van der Waals surface area (Å²) in [5, 5.41) is 6.01. The topological polar surface area (TPSA) is 101 Å². The van der Waals surface area contributed by atoms with Gasteiger partial charge in [0.2, 0.25) is 0 Å². The lowest BCUT2D eigenvalue weighted by atomic mass is 10.2. The van der Waals surface area contributed by atoms with Gasteiger partial charge in [-0.15, -0.1) is 11.3 Å². The molecule has 1 aromatic rings. The molecule has 0 unspecified atom stereocenters. The first-order valence-electron chi connectivity index (χ1n) is 6.91. The summed E-state index contributed by atoms with van der Waals surface area (Å²) in [6.45, 7) is 2.79. The van der Waals surface area contributed by atoms with E-state index >= 15 is 0 Å². The van der Waals surface area contributed by atoms with E-state index in [0.29, 0.717) is 11.5 Å². The molecule has 21 heavy (non-hydrogen) atoms. The molecular formula is C13H23N3O3S2. The number of amides is 1. The first-order chi connectivity index (χ1) is 9.82. The van der Waals surface area contributed by atoms with Gasteiger partial charge < -0.3 is 16.4 Å². The molecule has 0 aromatic carbocycles. The van der Waals surface area contributed by atoms with E-state index in [1.165, 1.54) is 7.05 Å². The van der Waals surface area contributed by atoms with E-state index in [-0.39, 0.29) is 21.4 Å². The molecule has 0 saturated carbocycles. The van der Waals surface area contributed by atoms with Crippen molar-refractivity contribution >= 4 is 37.8 Å². The van der Waals surface area contributed by atoms with Crippen LogP contribution in [0.15, 0.2) is 4.90 Å². The number of nitrogens with one attached hydrogen (secondary N) is 2. The van der Waals surface area contributed by atoms with E-state index < -0.39 is 9.84 Å². The fourth-order valence-electron chi connectivity index (χ4n) is 1.95. The lowest BCUT2D eigenvalue weighted by Crippen LogP contribution is -2.18. The molecule has 0 spiro atoms. The maximum Gasteiger partial charge on any atom is 0.263 e. The van der Waals surface area contributed by atoms with Crippen LogP contribution in [0.4, 0.5) is 10.7 Å². The maximum absolute atomic E-state index is 11.9. The number of hydrogen-bond acceptors (Lipinski definition) is 6. The number of nitrogens with two attached hydrogens (primary N) is 1. The Labute approximate surface area is 130 Å². The van der Waals surface area contributed by atoms with Crippen molar-refractivity contribution in [1.82, 2.24) is 5.32 Å². The zero-order chi connectivity index (χ0) is 16.0. The van der Waals surface area contributed by atoms with Crippen molar-refractivity contribution in [3.8, 4) is 0 Å². The van der Waals surface area contributed by atoms with Gasteiger partial charge >= 0.3 is 0 Å². The molecule has 6 nitrogen and oxygen atoms in total. The number of carbonyl (C=O) groups excluding carboxylic acids is 1. The van der Waals surface area contributed by atoms with E-state index in [4.69, 9.17) is 5.73 Å². The summed E-state index contributed by atoms with van der Waals surface area (Å²) in [6, 6.07) is 0. The Bertz CT molecular complexity index is 594. The summed E-state index contributed by atoms with van der Waals surface area (Å²) in [4.78, 5) is 12.0. The smallest absolute Gasteiger partial charge is 0.263 e. The van der Waals surface area contributed by atoms with Crippen molar-refractivity contribution in [3.05, 3.63) is 4.88 Å². The average Bonchev–Trinajstić information content (AvgIpc) is 2.74. The van der Waals surface area contributed by atoms with E-state index in [0.717, 1.165) is 43.3 Å². The number of rotatable bonds is 8. The predicted octanol–water partition coefficient (Wildman–Crippen LogP) is 2.09. The van der Waals surface area contributed by atoms with Crippen LogP contribution >= 0.6 is 11.3 Å². The number of unbranched alkanes of at least 4 members (excludes halogenated alkanes) is 3. The fraction of sp³-hybridized carbons (Fsp3) is 0.615. The Hall–Kier alpha value is -1.28. The Morgan fingerprint density at radius 1 is 1.29 bits per heavy atom. The van der Waals surface area contributed by atoms with Crippen LogP contribution in [0.25, 0.3) is 0 Å². The molecule has 0 aliphatic heterocycles. The van der Waals surface area contributed by atoms with Crippen LogP contribution in [0.3, 0.4) is 0 Å². The average molecular weight is 333 g/mol. The van der Waals surface area contributed by atoms with Gasteiger partial charge in [-0.1, -0.05) is 26.2 Å². The SMILES string of the molecule is CCCCCCNc1sc(C(=O)NC)c(N)c1S(C)(=O)=O. The zero-order valence-electron chi connectivity index (χ0n) is 12.7. The molecule has 1 amide bonds. The third-order valence-corrected chi connectivity index (χ3v) is 5.48. The summed E-state index contributed by atoms with van der Waals surface area (Å²) in [7, 11) is -2.00. The van der Waals surface area contributed by atoms with E-state index in [9.17, 15) is 13.2 Å². The second kappa shape index (κ2) is 7.65. The Kier molecular flexibility index (Phi) is 6.47. The number of nitrogen functional groups attached to an aromatic ring is 1. The van der Waals surface area contributed by atoms with Gasteiger partial charge in [0, 0.05) is 19.8 Å². The lowest BCUT2D eigenvalue weighted by molar-refractivity contribution is 0.0968. The van der Waals surface area contributed by atoms with Crippen LogP contribution in [-0.2, 0) is 9.84 Å². The minimum atomic E-state index is -3.49. The Morgan fingerprint density at radius 2 is 1.95 bits per heavy atom. The normalized spacial score (nSPS) is 11.4. The first kappa shape index (κ1) is 17.8. The van der Waals surface area contributed by atoms with Gasteiger partial charge in [0.25, 0.3) is 5.91 Å². The van der Waals surface area contributed by atoms with Gasteiger partial charge in [0.15, 0.2) is 9.84 Å². The van der Waals surface area contributed by atoms with E-state index in [2.05, 4.69) is 17.6 Å². The minimum absolute atomic E-state index is 0.0258. The van der Waals surface area contributed by atoms with Crippen LogP contribution in [0.5, 0.6) is 0 Å². The van der Waals surface area contributed by atoms with Gasteiger partial charge in [-0.2, -0.15) is 0 Å². The molecular weight excluding hydrogens is 310 g/mol. The number of carbonyl (C=O) groups is 1. The molecule has 0 aliphatic rings. The van der Waals surface area contributed by atoms with Crippen molar-refractivity contribution in [3.63, 3.8) is 0 Å². The van der Waals surface area contributed by atoms with E-state index in [1.54, 1.807) is 0 Å². The number of hydrogen-bond donors (Lipinski definition) is 3. The van der Waals surface area contributed by atoms with Crippen LogP contribution in [0.2, 0.25) is 0 Å². The highest BCUT2D eigenvalue weighted by Crippen LogP contribution is 2.39. The molecule has 0 radical (unpaired) electrons. The van der Waals surface area contributed by atoms with Crippen molar-refractivity contribution in [2.45, 2.75) is 37.5 Å². The second-order valence-electron chi connectivity index (χ2n) is 4.84. The summed E-state index contributed by atoms with van der Waals surface area (Å²) >= 11 is 1.08.